The van der Waals surface area contributed by atoms with Crippen LogP contribution in [0, 0.1) is 17.3 Å². The van der Waals surface area contributed by atoms with Gasteiger partial charge in [0.25, 0.3) is 11.5 Å². The molecule has 2 heterocycles. The Kier molecular flexibility index (Phi) is 10.6. The van der Waals surface area contributed by atoms with E-state index >= 15 is 0 Å². The van der Waals surface area contributed by atoms with E-state index in [1.807, 2.05) is 0 Å². The molecule has 14 nitrogen and oxygen atoms in total. The van der Waals surface area contributed by atoms with E-state index in [2.05, 4.69) is 37.2 Å². The van der Waals surface area contributed by atoms with E-state index in [0.29, 0.717) is 5.56 Å². The maximum absolute atomic E-state index is 12.9. The van der Waals surface area contributed by atoms with Gasteiger partial charge in [-0.05, 0) is 49.6 Å². The number of fused-ring (bicyclic) bond motifs is 1. The summed E-state index contributed by atoms with van der Waals surface area (Å²) in [6, 6.07) is 6.37. The number of nitrogens with one attached hydrogen (secondary N) is 3. The highest BCUT2D eigenvalue weighted by molar-refractivity contribution is 5.97. The van der Waals surface area contributed by atoms with Crippen molar-refractivity contribution in [3.05, 3.63) is 57.5 Å². The van der Waals surface area contributed by atoms with Crippen molar-refractivity contribution < 1.29 is 38.2 Å². The Balaban J connectivity index is 1.90. The number of hydrogen-bond donors (Lipinski definition) is 3. The van der Waals surface area contributed by atoms with Crippen molar-refractivity contribution in [2.24, 2.45) is 5.41 Å². The Labute approximate surface area is 252 Å². The van der Waals surface area contributed by atoms with Crippen molar-refractivity contribution >= 4 is 46.8 Å². The maximum Gasteiger partial charge on any atom is 0.420 e. The molecule has 0 spiro atoms. The molecule has 44 heavy (non-hydrogen) atoms. The summed E-state index contributed by atoms with van der Waals surface area (Å²) in [7, 11) is 2.39. The van der Waals surface area contributed by atoms with Crippen molar-refractivity contribution in [3.63, 3.8) is 0 Å². The van der Waals surface area contributed by atoms with Crippen LogP contribution in [-0.4, -0.2) is 71.2 Å². The fraction of sp³-hybridized carbons (Fsp3) is 0.367. The van der Waals surface area contributed by atoms with Crippen LogP contribution in [0.1, 0.15) is 62.2 Å². The number of aromatic nitrogens is 3. The molecule has 0 bridgehead atoms. The predicted molar refractivity (Wildman–Crippen MR) is 158 cm³/mol. The average Bonchev–Trinajstić information content (AvgIpc) is 3.36. The van der Waals surface area contributed by atoms with E-state index in [4.69, 9.17) is 9.47 Å². The normalized spacial score (nSPS) is 11.5. The smallest absolute Gasteiger partial charge is 0.420 e. The Morgan fingerprint density at radius 3 is 2.32 bits per heavy atom. The average molecular weight is 608 g/mol. The summed E-state index contributed by atoms with van der Waals surface area (Å²) in [5.41, 5.74) is -0.653. The van der Waals surface area contributed by atoms with Crippen LogP contribution in [0.15, 0.2) is 35.1 Å². The van der Waals surface area contributed by atoms with E-state index in [1.54, 1.807) is 39.8 Å². The number of carbonyl (C=O) groups excluding carboxylic acids is 5. The standard InChI is InChI=1S/C30H33N5O9/c1-7-44-29(41)35-19(16-20-23(35)32-28(33-25(20)38)34-27(40)30(2,3)4)13-10-17-8-11-18(12-9-17)24(37)31-21(26(39)43-6)14-15-22(36)42-5/h8-9,11-12,16,21H,7,14-15H2,1-6H3,(H,31,37)(H2,32,33,34,38,40)/t21-/m0/s1. The number of aromatic amines is 1. The fourth-order valence-corrected chi connectivity index (χ4v) is 3.74. The van der Waals surface area contributed by atoms with Gasteiger partial charge in [-0.2, -0.15) is 4.98 Å². The number of anilines is 1. The summed E-state index contributed by atoms with van der Waals surface area (Å²) >= 11 is 0. The molecule has 1 atom stereocenters. The quantitative estimate of drug-likeness (QED) is 0.195. The first-order chi connectivity index (χ1) is 20.8. The van der Waals surface area contributed by atoms with Crippen molar-refractivity contribution in [2.45, 2.75) is 46.6 Å². The Morgan fingerprint density at radius 1 is 1.05 bits per heavy atom. The van der Waals surface area contributed by atoms with Gasteiger partial charge < -0.3 is 19.5 Å². The molecule has 0 fully saturated rings. The molecule has 1 aromatic carbocycles. The molecule has 0 saturated carbocycles. The highest BCUT2D eigenvalue weighted by atomic mass is 16.5. The minimum atomic E-state index is -1.06. The monoisotopic (exact) mass is 607 g/mol. The Bertz CT molecular complexity index is 1700. The maximum atomic E-state index is 12.9. The van der Waals surface area contributed by atoms with Crippen LogP contribution in [0.3, 0.4) is 0 Å². The molecule has 0 aliphatic carbocycles. The lowest BCUT2D eigenvalue weighted by atomic mass is 9.96. The summed E-state index contributed by atoms with van der Waals surface area (Å²) < 4.78 is 15.5. The van der Waals surface area contributed by atoms with Crippen molar-refractivity contribution in [1.29, 1.82) is 0 Å². The molecular formula is C30H33N5O9. The van der Waals surface area contributed by atoms with E-state index in [0.717, 1.165) is 4.57 Å². The minimum absolute atomic E-state index is 0.00867. The number of nitrogens with zero attached hydrogens (tertiary/aromatic N) is 2. The van der Waals surface area contributed by atoms with Gasteiger partial charge in [0.05, 0.1) is 26.2 Å². The van der Waals surface area contributed by atoms with Crippen LogP contribution in [0.2, 0.25) is 0 Å². The number of hydrogen-bond acceptors (Lipinski definition) is 10. The lowest BCUT2D eigenvalue weighted by molar-refractivity contribution is -0.144. The van der Waals surface area contributed by atoms with Crippen LogP contribution < -0.4 is 16.2 Å². The Hall–Kier alpha value is -5.45. The molecule has 0 unspecified atom stereocenters. The molecule has 0 aliphatic rings. The van der Waals surface area contributed by atoms with Crippen LogP contribution in [0.4, 0.5) is 10.7 Å². The number of H-pyrrole nitrogens is 1. The molecule has 232 valence electrons. The zero-order valence-corrected chi connectivity index (χ0v) is 25.2. The largest absolute Gasteiger partial charge is 0.469 e. The summed E-state index contributed by atoms with van der Waals surface area (Å²) in [6.45, 7) is 6.75. The minimum Gasteiger partial charge on any atom is -0.469 e. The van der Waals surface area contributed by atoms with Gasteiger partial charge in [-0.25, -0.2) is 14.2 Å². The molecule has 3 aromatic rings. The van der Waals surface area contributed by atoms with Crippen molar-refractivity contribution in [3.8, 4) is 11.8 Å². The second kappa shape index (κ2) is 14.1. The fourth-order valence-electron chi connectivity index (χ4n) is 3.74. The van der Waals surface area contributed by atoms with Crippen LogP contribution in [-0.2, 0) is 28.6 Å². The molecule has 14 heteroatoms. The number of methoxy groups -OCH3 is 2. The third-order valence-electron chi connectivity index (χ3n) is 6.17. The lowest BCUT2D eigenvalue weighted by Gasteiger charge is -2.16. The number of amides is 2. The number of benzene rings is 1. The third kappa shape index (κ3) is 8.09. The number of esters is 2. The zero-order chi connectivity index (χ0) is 32.6. The van der Waals surface area contributed by atoms with Gasteiger partial charge in [0.1, 0.15) is 11.7 Å². The van der Waals surface area contributed by atoms with Gasteiger partial charge in [-0.1, -0.05) is 26.7 Å². The number of ether oxygens (including phenoxy) is 3. The lowest BCUT2D eigenvalue weighted by Crippen LogP contribution is -2.41. The highest BCUT2D eigenvalue weighted by Gasteiger charge is 2.25. The van der Waals surface area contributed by atoms with Gasteiger partial charge in [-0.3, -0.25) is 29.5 Å². The molecule has 0 saturated heterocycles. The van der Waals surface area contributed by atoms with Crippen LogP contribution >= 0.6 is 0 Å². The molecule has 0 radical (unpaired) electrons. The molecule has 2 amide bonds. The first-order valence-corrected chi connectivity index (χ1v) is 13.5. The summed E-state index contributed by atoms with van der Waals surface area (Å²) in [4.78, 5) is 81.2. The SMILES string of the molecule is CCOC(=O)n1c(C#Cc2ccc(C(=O)N[C@@H](CCC(=O)OC)C(=O)OC)cc2)cc2c(=O)[nH]c(NC(=O)C(C)(C)C)nc21. The van der Waals surface area contributed by atoms with E-state index in [-0.39, 0.29) is 47.7 Å². The molecule has 2 aromatic heterocycles. The second-order valence-electron chi connectivity index (χ2n) is 10.4. The number of carbonyl (C=O) groups is 5. The van der Waals surface area contributed by atoms with Gasteiger partial charge in [0.15, 0.2) is 5.65 Å². The molecule has 3 rings (SSSR count). The second-order valence-corrected chi connectivity index (χ2v) is 10.4. The van der Waals surface area contributed by atoms with Gasteiger partial charge in [-0.15, -0.1) is 0 Å². The first-order valence-electron chi connectivity index (χ1n) is 13.5. The van der Waals surface area contributed by atoms with Gasteiger partial charge in [0.2, 0.25) is 11.9 Å². The predicted octanol–water partition coefficient (Wildman–Crippen LogP) is 2.34. The highest BCUT2D eigenvalue weighted by Crippen LogP contribution is 2.19. The van der Waals surface area contributed by atoms with E-state index in [9.17, 15) is 28.8 Å². The number of rotatable bonds is 8. The van der Waals surface area contributed by atoms with E-state index < -0.39 is 46.9 Å². The van der Waals surface area contributed by atoms with Crippen LogP contribution in [0.5, 0.6) is 0 Å². The Morgan fingerprint density at radius 2 is 1.73 bits per heavy atom. The summed E-state index contributed by atoms with van der Waals surface area (Å²) in [6.07, 6.45) is -0.926. The molecule has 3 N–H and O–H groups in total. The summed E-state index contributed by atoms with van der Waals surface area (Å²) in [5, 5.41) is 5.14. The van der Waals surface area contributed by atoms with Gasteiger partial charge >= 0.3 is 18.0 Å². The topological polar surface area (TPSA) is 188 Å². The van der Waals surface area contributed by atoms with Crippen molar-refractivity contribution in [2.75, 3.05) is 26.1 Å². The molecule has 0 aliphatic heterocycles. The zero-order valence-electron chi connectivity index (χ0n) is 25.2. The first kappa shape index (κ1) is 33.1. The van der Waals surface area contributed by atoms with E-state index in [1.165, 1.54) is 32.4 Å². The third-order valence-corrected chi connectivity index (χ3v) is 6.17. The summed E-state index contributed by atoms with van der Waals surface area (Å²) in [5.74, 6) is 3.35. The van der Waals surface area contributed by atoms with Crippen molar-refractivity contribution in [1.82, 2.24) is 19.9 Å². The molecular weight excluding hydrogens is 574 g/mol. The van der Waals surface area contributed by atoms with Crippen LogP contribution in [0.25, 0.3) is 11.0 Å². The van der Waals surface area contributed by atoms with Gasteiger partial charge in [0, 0.05) is 23.0 Å².